The second-order valence-electron chi connectivity index (χ2n) is 7.90. The third-order valence-corrected chi connectivity index (χ3v) is 7.07. The Balaban J connectivity index is 1.65. The van der Waals surface area contributed by atoms with Gasteiger partial charge in [-0.1, -0.05) is 12.8 Å². The molecule has 1 aliphatic heterocycles. The standard InChI is InChI=1S/C17H30N2/c18-12-17(19-5-3-1-2-4-6-19)15-8-13-7-14(10-15)11-16(17)9-13/h13-16H,1-12,18H2. The number of nitrogens with zero attached hydrogens (tertiary/aromatic N) is 1. The maximum absolute atomic E-state index is 6.43. The molecule has 2 N–H and O–H groups in total. The maximum atomic E-state index is 6.43. The van der Waals surface area contributed by atoms with Gasteiger partial charge < -0.3 is 5.73 Å². The van der Waals surface area contributed by atoms with Crippen molar-refractivity contribution in [3.63, 3.8) is 0 Å². The van der Waals surface area contributed by atoms with Crippen LogP contribution in [0.15, 0.2) is 0 Å². The van der Waals surface area contributed by atoms with E-state index in [0.29, 0.717) is 5.54 Å². The van der Waals surface area contributed by atoms with Crippen LogP contribution in [0.2, 0.25) is 0 Å². The molecule has 108 valence electrons. The first-order valence-corrected chi connectivity index (χ1v) is 8.78. The predicted octanol–water partition coefficient (Wildman–Crippen LogP) is 3.02. The first-order valence-electron chi connectivity index (χ1n) is 8.78. The molecule has 0 aromatic rings. The number of hydrogen-bond acceptors (Lipinski definition) is 2. The van der Waals surface area contributed by atoms with Crippen molar-refractivity contribution in [2.24, 2.45) is 29.4 Å². The highest BCUT2D eigenvalue weighted by atomic mass is 15.2. The molecule has 4 bridgehead atoms. The molecule has 0 aromatic heterocycles. The van der Waals surface area contributed by atoms with Crippen molar-refractivity contribution in [2.75, 3.05) is 19.6 Å². The lowest BCUT2D eigenvalue weighted by Crippen LogP contribution is -2.69. The van der Waals surface area contributed by atoms with Gasteiger partial charge in [0.25, 0.3) is 0 Å². The lowest BCUT2D eigenvalue weighted by Gasteiger charge is -2.64. The van der Waals surface area contributed by atoms with Gasteiger partial charge in [0.2, 0.25) is 0 Å². The number of likely N-dealkylation sites (tertiary alicyclic amines) is 1. The summed E-state index contributed by atoms with van der Waals surface area (Å²) < 4.78 is 0. The minimum atomic E-state index is 0.414. The average Bonchev–Trinajstić information content (AvgIpc) is 2.68. The number of hydrogen-bond donors (Lipinski definition) is 1. The largest absolute Gasteiger partial charge is 0.329 e. The third kappa shape index (κ3) is 1.82. The fraction of sp³-hybridized carbons (Fsp3) is 1.00. The highest BCUT2D eigenvalue weighted by Gasteiger charge is 2.58. The fourth-order valence-electron chi connectivity index (χ4n) is 6.47. The van der Waals surface area contributed by atoms with E-state index in [1.54, 1.807) is 6.42 Å². The van der Waals surface area contributed by atoms with Crippen molar-refractivity contribution in [3.8, 4) is 0 Å². The third-order valence-electron chi connectivity index (χ3n) is 7.07. The molecule has 5 rings (SSSR count). The van der Waals surface area contributed by atoms with E-state index >= 15 is 0 Å². The molecule has 4 aliphatic carbocycles. The van der Waals surface area contributed by atoms with Crippen molar-refractivity contribution in [1.29, 1.82) is 0 Å². The molecule has 0 spiro atoms. The summed E-state index contributed by atoms with van der Waals surface area (Å²) in [6.45, 7) is 3.60. The second kappa shape index (κ2) is 4.73. The van der Waals surface area contributed by atoms with E-state index < -0.39 is 0 Å². The van der Waals surface area contributed by atoms with Crippen LogP contribution >= 0.6 is 0 Å². The van der Waals surface area contributed by atoms with Gasteiger partial charge in [-0.05, 0) is 81.7 Å². The summed E-state index contributed by atoms with van der Waals surface area (Å²) in [7, 11) is 0. The molecule has 5 aliphatic rings. The van der Waals surface area contributed by atoms with E-state index in [1.807, 2.05) is 0 Å². The Kier molecular flexibility index (Phi) is 3.15. The number of nitrogens with two attached hydrogens (primary N) is 1. The summed E-state index contributed by atoms with van der Waals surface area (Å²) in [4.78, 5) is 2.88. The van der Waals surface area contributed by atoms with Crippen molar-refractivity contribution in [3.05, 3.63) is 0 Å². The molecule has 2 heteroatoms. The van der Waals surface area contributed by atoms with Gasteiger partial charge in [-0.2, -0.15) is 0 Å². The highest BCUT2D eigenvalue weighted by molar-refractivity contribution is 5.12. The summed E-state index contributed by atoms with van der Waals surface area (Å²) >= 11 is 0. The Morgan fingerprint density at radius 2 is 1.32 bits per heavy atom. The van der Waals surface area contributed by atoms with Gasteiger partial charge in [-0.25, -0.2) is 0 Å². The predicted molar refractivity (Wildman–Crippen MR) is 78.9 cm³/mol. The van der Waals surface area contributed by atoms with E-state index in [1.165, 1.54) is 64.5 Å². The Morgan fingerprint density at radius 3 is 1.79 bits per heavy atom. The van der Waals surface area contributed by atoms with E-state index in [9.17, 15) is 0 Å². The molecule has 2 nitrogen and oxygen atoms in total. The topological polar surface area (TPSA) is 29.3 Å². The van der Waals surface area contributed by atoms with Crippen LogP contribution in [0, 0.1) is 23.7 Å². The van der Waals surface area contributed by atoms with Crippen LogP contribution in [0.4, 0.5) is 0 Å². The van der Waals surface area contributed by atoms with Crippen LogP contribution in [-0.4, -0.2) is 30.1 Å². The molecule has 0 atom stereocenters. The minimum Gasteiger partial charge on any atom is -0.329 e. The highest BCUT2D eigenvalue weighted by Crippen LogP contribution is 2.60. The van der Waals surface area contributed by atoms with Gasteiger partial charge in [0, 0.05) is 12.1 Å². The molecule has 19 heavy (non-hydrogen) atoms. The maximum Gasteiger partial charge on any atom is 0.0388 e. The molecule has 1 heterocycles. The van der Waals surface area contributed by atoms with Gasteiger partial charge in [0.05, 0.1) is 0 Å². The summed E-state index contributed by atoms with van der Waals surface area (Å²) in [6, 6.07) is 0. The van der Waals surface area contributed by atoms with Gasteiger partial charge in [0.15, 0.2) is 0 Å². The second-order valence-corrected chi connectivity index (χ2v) is 7.90. The fourth-order valence-corrected chi connectivity index (χ4v) is 6.47. The summed E-state index contributed by atoms with van der Waals surface area (Å²) in [6.07, 6.45) is 13.3. The zero-order valence-electron chi connectivity index (χ0n) is 12.3. The van der Waals surface area contributed by atoms with Crippen molar-refractivity contribution in [1.82, 2.24) is 4.90 Å². The Hall–Kier alpha value is -0.0800. The van der Waals surface area contributed by atoms with Crippen molar-refractivity contribution >= 4 is 0 Å². The quantitative estimate of drug-likeness (QED) is 0.829. The molecule has 1 saturated heterocycles. The van der Waals surface area contributed by atoms with Gasteiger partial charge in [-0.3, -0.25) is 4.90 Å². The molecular formula is C17H30N2. The first kappa shape index (κ1) is 12.6. The lowest BCUT2D eigenvalue weighted by atomic mass is 9.48. The Morgan fingerprint density at radius 1 is 0.789 bits per heavy atom. The zero-order chi connectivity index (χ0) is 12.9. The van der Waals surface area contributed by atoms with Crippen LogP contribution in [-0.2, 0) is 0 Å². The number of rotatable bonds is 2. The molecule has 0 amide bonds. The zero-order valence-corrected chi connectivity index (χ0v) is 12.3. The van der Waals surface area contributed by atoms with E-state index in [-0.39, 0.29) is 0 Å². The van der Waals surface area contributed by atoms with Crippen LogP contribution in [0.1, 0.15) is 57.8 Å². The van der Waals surface area contributed by atoms with Gasteiger partial charge in [0.1, 0.15) is 0 Å². The smallest absolute Gasteiger partial charge is 0.0388 e. The molecule has 4 saturated carbocycles. The Bertz CT molecular complexity index is 302. The lowest BCUT2D eigenvalue weighted by molar-refractivity contribution is -0.130. The summed E-state index contributed by atoms with van der Waals surface area (Å²) in [5.74, 6) is 4.00. The normalized spacial score (nSPS) is 50.4. The minimum absolute atomic E-state index is 0.414. The van der Waals surface area contributed by atoms with E-state index in [0.717, 1.165) is 30.2 Å². The molecular weight excluding hydrogens is 232 g/mol. The van der Waals surface area contributed by atoms with E-state index in [4.69, 9.17) is 5.73 Å². The van der Waals surface area contributed by atoms with Crippen LogP contribution in [0.25, 0.3) is 0 Å². The Labute approximate surface area is 118 Å². The van der Waals surface area contributed by atoms with Crippen molar-refractivity contribution < 1.29 is 0 Å². The van der Waals surface area contributed by atoms with Gasteiger partial charge in [-0.15, -0.1) is 0 Å². The molecule has 5 fully saturated rings. The van der Waals surface area contributed by atoms with E-state index in [2.05, 4.69) is 4.90 Å². The summed E-state index contributed by atoms with van der Waals surface area (Å²) in [5.41, 5.74) is 6.84. The summed E-state index contributed by atoms with van der Waals surface area (Å²) in [5, 5.41) is 0. The van der Waals surface area contributed by atoms with Crippen molar-refractivity contribution in [2.45, 2.75) is 63.3 Å². The average molecular weight is 262 g/mol. The molecule has 0 unspecified atom stereocenters. The van der Waals surface area contributed by atoms with Crippen LogP contribution in [0.3, 0.4) is 0 Å². The SMILES string of the molecule is NCC1(N2CCCCCC2)C2CC3CC(C2)CC1C3. The van der Waals surface area contributed by atoms with Gasteiger partial charge >= 0.3 is 0 Å². The van der Waals surface area contributed by atoms with Crippen LogP contribution in [0.5, 0.6) is 0 Å². The van der Waals surface area contributed by atoms with Crippen LogP contribution < -0.4 is 5.73 Å². The molecule has 0 aromatic carbocycles. The first-order chi connectivity index (χ1) is 9.33. The monoisotopic (exact) mass is 262 g/mol. The molecule has 0 radical (unpaired) electrons.